The molecule has 2 amide bonds. The first kappa shape index (κ1) is 19.1. The summed E-state index contributed by atoms with van der Waals surface area (Å²) in [6.45, 7) is 5.72. The van der Waals surface area contributed by atoms with Crippen LogP contribution in [0, 0.1) is 5.41 Å². The second-order valence-corrected chi connectivity index (χ2v) is 8.71. The van der Waals surface area contributed by atoms with Crippen molar-refractivity contribution < 1.29 is 18.0 Å². The maximum Gasteiger partial charge on any atom is 0.269 e. The lowest BCUT2D eigenvalue weighted by molar-refractivity contribution is -0.123. The summed E-state index contributed by atoms with van der Waals surface area (Å²) in [5.41, 5.74) is 4.55. The first-order valence-electron chi connectivity index (χ1n) is 7.05. The molecule has 0 fully saturated rings. The molecule has 0 aromatic heterocycles. The fourth-order valence-electron chi connectivity index (χ4n) is 1.73. The van der Waals surface area contributed by atoms with Gasteiger partial charge in [0, 0.05) is 26.1 Å². The molecule has 0 bridgehead atoms. The molecule has 0 saturated carbocycles. The Balaban J connectivity index is 2.81. The van der Waals surface area contributed by atoms with Crippen LogP contribution in [0.5, 0.6) is 0 Å². The molecule has 1 rings (SSSR count). The molecule has 0 saturated heterocycles. The standard InChI is InChI=1S/C15H23N3O4S/c1-15(2,3)10-13(19)16-17-14(20)11-7-6-8-12(9-11)23(21,22)18(4)5/h6-9H,10H2,1-5H3,(H,16,19)(H,17,20). The molecule has 0 spiro atoms. The van der Waals surface area contributed by atoms with Crippen LogP contribution in [-0.2, 0) is 14.8 Å². The van der Waals surface area contributed by atoms with E-state index in [0.717, 1.165) is 4.31 Å². The molecule has 128 valence electrons. The van der Waals surface area contributed by atoms with Crippen molar-refractivity contribution in [2.24, 2.45) is 5.41 Å². The van der Waals surface area contributed by atoms with E-state index in [0.29, 0.717) is 0 Å². The minimum Gasteiger partial charge on any atom is -0.273 e. The molecule has 0 aliphatic carbocycles. The van der Waals surface area contributed by atoms with Gasteiger partial charge in [0.25, 0.3) is 5.91 Å². The Morgan fingerprint density at radius 1 is 1.13 bits per heavy atom. The van der Waals surface area contributed by atoms with Crippen molar-refractivity contribution >= 4 is 21.8 Å². The molecule has 7 nitrogen and oxygen atoms in total. The molecule has 8 heteroatoms. The van der Waals surface area contributed by atoms with E-state index in [-0.39, 0.29) is 28.2 Å². The maximum absolute atomic E-state index is 12.1. The van der Waals surface area contributed by atoms with Crippen molar-refractivity contribution in [1.82, 2.24) is 15.2 Å². The Labute approximate surface area is 137 Å². The number of amides is 2. The molecule has 0 aliphatic rings. The number of rotatable bonds is 4. The lowest BCUT2D eigenvalue weighted by Crippen LogP contribution is -2.42. The van der Waals surface area contributed by atoms with E-state index in [2.05, 4.69) is 10.9 Å². The molecule has 1 aromatic carbocycles. The van der Waals surface area contributed by atoms with E-state index >= 15 is 0 Å². The molecule has 1 aromatic rings. The Hall–Kier alpha value is -1.93. The molecular formula is C15H23N3O4S. The highest BCUT2D eigenvalue weighted by Crippen LogP contribution is 2.17. The highest BCUT2D eigenvalue weighted by molar-refractivity contribution is 7.89. The predicted octanol–water partition coefficient (Wildman–Crippen LogP) is 1.13. The van der Waals surface area contributed by atoms with Gasteiger partial charge in [-0.3, -0.25) is 20.4 Å². The first-order chi connectivity index (χ1) is 10.4. The number of benzene rings is 1. The third kappa shape index (κ3) is 5.65. The monoisotopic (exact) mass is 341 g/mol. The van der Waals surface area contributed by atoms with Gasteiger partial charge in [-0.25, -0.2) is 12.7 Å². The number of nitrogens with one attached hydrogen (secondary N) is 2. The molecular weight excluding hydrogens is 318 g/mol. The SMILES string of the molecule is CN(C)S(=O)(=O)c1cccc(C(=O)NNC(=O)CC(C)(C)C)c1. The summed E-state index contributed by atoms with van der Waals surface area (Å²) in [7, 11) is -0.799. The Morgan fingerprint density at radius 3 is 2.26 bits per heavy atom. The Bertz CT molecular complexity index is 691. The summed E-state index contributed by atoms with van der Waals surface area (Å²) in [6.07, 6.45) is 0.252. The molecule has 0 heterocycles. The second-order valence-electron chi connectivity index (χ2n) is 6.55. The van der Waals surface area contributed by atoms with Gasteiger partial charge in [-0.05, 0) is 23.6 Å². The number of carbonyl (C=O) groups is 2. The Morgan fingerprint density at radius 2 is 1.74 bits per heavy atom. The van der Waals surface area contributed by atoms with Gasteiger partial charge in [0.05, 0.1) is 4.90 Å². The van der Waals surface area contributed by atoms with E-state index in [4.69, 9.17) is 0 Å². The van der Waals surface area contributed by atoms with Crippen LogP contribution in [0.1, 0.15) is 37.6 Å². The van der Waals surface area contributed by atoms with Gasteiger partial charge >= 0.3 is 0 Å². The van der Waals surface area contributed by atoms with Crippen molar-refractivity contribution in [2.45, 2.75) is 32.1 Å². The first-order valence-corrected chi connectivity index (χ1v) is 8.49. The van der Waals surface area contributed by atoms with Gasteiger partial charge in [-0.2, -0.15) is 0 Å². The maximum atomic E-state index is 12.1. The van der Waals surface area contributed by atoms with Crippen molar-refractivity contribution in [3.63, 3.8) is 0 Å². The largest absolute Gasteiger partial charge is 0.273 e. The van der Waals surface area contributed by atoms with Gasteiger partial charge in [0.1, 0.15) is 0 Å². The minimum absolute atomic E-state index is 0.0103. The molecule has 0 radical (unpaired) electrons. The van der Waals surface area contributed by atoms with Gasteiger partial charge < -0.3 is 0 Å². The Kier molecular flexibility index (Phi) is 5.90. The second kappa shape index (κ2) is 7.10. The van der Waals surface area contributed by atoms with Gasteiger partial charge in [-0.15, -0.1) is 0 Å². The summed E-state index contributed by atoms with van der Waals surface area (Å²) in [5, 5.41) is 0. The number of hydrogen-bond donors (Lipinski definition) is 2. The highest BCUT2D eigenvalue weighted by atomic mass is 32.2. The van der Waals surface area contributed by atoms with E-state index in [1.165, 1.54) is 38.4 Å². The topological polar surface area (TPSA) is 95.6 Å². The number of hydrogen-bond acceptors (Lipinski definition) is 4. The van der Waals surface area contributed by atoms with Crippen LogP contribution in [0.25, 0.3) is 0 Å². The number of nitrogens with zero attached hydrogens (tertiary/aromatic N) is 1. The average molecular weight is 341 g/mol. The van der Waals surface area contributed by atoms with Gasteiger partial charge in [0.15, 0.2) is 0 Å². The molecule has 0 unspecified atom stereocenters. The number of sulfonamides is 1. The van der Waals surface area contributed by atoms with Gasteiger partial charge in [0.2, 0.25) is 15.9 Å². The highest BCUT2D eigenvalue weighted by Gasteiger charge is 2.19. The lowest BCUT2D eigenvalue weighted by atomic mass is 9.92. The van der Waals surface area contributed by atoms with Gasteiger partial charge in [-0.1, -0.05) is 26.8 Å². The fourth-order valence-corrected chi connectivity index (χ4v) is 2.68. The molecule has 0 atom stereocenters. The van der Waals surface area contributed by atoms with E-state index in [9.17, 15) is 18.0 Å². The molecule has 23 heavy (non-hydrogen) atoms. The summed E-state index contributed by atoms with van der Waals surface area (Å²) in [6, 6.07) is 5.62. The average Bonchev–Trinajstić information content (AvgIpc) is 2.43. The number of hydrazine groups is 1. The summed E-state index contributed by atoms with van der Waals surface area (Å²) in [4.78, 5) is 23.7. The fraction of sp³-hybridized carbons (Fsp3) is 0.467. The van der Waals surface area contributed by atoms with Crippen LogP contribution in [0.3, 0.4) is 0 Å². The quantitative estimate of drug-likeness (QED) is 0.803. The smallest absolute Gasteiger partial charge is 0.269 e. The van der Waals surface area contributed by atoms with Crippen LogP contribution < -0.4 is 10.9 Å². The third-order valence-electron chi connectivity index (χ3n) is 2.88. The van der Waals surface area contributed by atoms with Crippen molar-refractivity contribution in [1.29, 1.82) is 0 Å². The van der Waals surface area contributed by atoms with Crippen molar-refractivity contribution in [2.75, 3.05) is 14.1 Å². The number of carbonyl (C=O) groups excluding carboxylic acids is 2. The summed E-state index contributed by atoms with van der Waals surface area (Å²) < 4.78 is 25.2. The van der Waals surface area contributed by atoms with Crippen LogP contribution in [0.2, 0.25) is 0 Å². The van der Waals surface area contributed by atoms with E-state index in [1.807, 2.05) is 20.8 Å². The lowest BCUT2D eigenvalue weighted by Gasteiger charge is -2.17. The zero-order valence-corrected chi connectivity index (χ0v) is 14.8. The third-order valence-corrected chi connectivity index (χ3v) is 4.69. The normalized spacial score (nSPS) is 12.1. The zero-order chi connectivity index (χ0) is 17.8. The summed E-state index contributed by atoms with van der Waals surface area (Å²) >= 11 is 0. The predicted molar refractivity (Wildman–Crippen MR) is 87.0 cm³/mol. The summed E-state index contributed by atoms with van der Waals surface area (Å²) in [5.74, 6) is -0.897. The van der Waals surface area contributed by atoms with Crippen molar-refractivity contribution in [3.05, 3.63) is 29.8 Å². The van der Waals surface area contributed by atoms with E-state index in [1.54, 1.807) is 0 Å². The van der Waals surface area contributed by atoms with Crippen LogP contribution in [-0.4, -0.2) is 38.6 Å². The molecule has 0 aliphatic heterocycles. The zero-order valence-electron chi connectivity index (χ0n) is 14.0. The van der Waals surface area contributed by atoms with Crippen molar-refractivity contribution in [3.8, 4) is 0 Å². The van der Waals surface area contributed by atoms with E-state index < -0.39 is 15.9 Å². The molecule has 2 N–H and O–H groups in total. The van der Waals surface area contributed by atoms with Crippen LogP contribution >= 0.6 is 0 Å². The van der Waals surface area contributed by atoms with Crippen LogP contribution in [0.15, 0.2) is 29.2 Å². The minimum atomic E-state index is -3.62. The van der Waals surface area contributed by atoms with Crippen LogP contribution in [0.4, 0.5) is 0 Å².